The van der Waals surface area contributed by atoms with Gasteiger partial charge in [-0.25, -0.2) is 0 Å². The van der Waals surface area contributed by atoms with Gasteiger partial charge in [-0.15, -0.1) is 0 Å². The molecule has 138 valence electrons. The Balaban J connectivity index is 2.30. The van der Waals surface area contributed by atoms with E-state index in [1.165, 1.54) is 16.7 Å². The van der Waals surface area contributed by atoms with Crippen molar-refractivity contribution in [3.05, 3.63) is 0 Å². The first-order valence-electron chi connectivity index (χ1n) is 8.69. The first kappa shape index (κ1) is 21.2. The highest BCUT2D eigenvalue weighted by atomic mass is 32.2. The van der Waals surface area contributed by atoms with Crippen molar-refractivity contribution in [2.75, 3.05) is 51.6 Å². The standard InChI is InChI=1S/C16H30N4O2S2/c1-5-19(6-2)16(23)24-12-15(22)20-9-7-18(8-10-20)11-14(21)17-13(3)4/h13H,5-12H2,1-4H3,(H,17,21)/p+1. The van der Waals surface area contributed by atoms with Crippen LogP contribution in [-0.2, 0) is 9.59 Å². The molecule has 1 heterocycles. The number of thioether (sulfide) groups is 1. The third kappa shape index (κ3) is 7.36. The van der Waals surface area contributed by atoms with Crippen LogP contribution in [-0.4, -0.2) is 83.5 Å². The molecule has 8 heteroatoms. The average molecular weight is 376 g/mol. The molecule has 1 saturated heterocycles. The Kier molecular flexibility index (Phi) is 9.61. The Hall–Kier alpha value is -0.860. The van der Waals surface area contributed by atoms with E-state index in [4.69, 9.17) is 12.2 Å². The summed E-state index contributed by atoms with van der Waals surface area (Å²) in [7, 11) is 0. The maximum atomic E-state index is 12.3. The molecule has 0 unspecified atom stereocenters. The van der Waals surface area contributed by atoms with Crippen molar-refractivity contribution in [1.82, 2.24) is 15.1 Å². The largest absolute Gasteiger partial charge is 0.358 e. The molecule has 1 aliphatic rings. The Morgan fingerprint density at radius 2 is 1.83 bits per heavy atom. The third-order valence-electron chi connectivity index (χ3n) is 4.02. The summed E-state index contributed by atoms with van der Waals surface area (Å²) in [6, 6.07) is 0.173. The van der Waals surface area contributed by atoms with E-state index in [0.717, 1.165) is 30.5 Å². The molecule has 0 spiro atoms. The molecule has 0 bridgehead atoms. The predicted molar refractivity (Wildman–Crippen MR) is 103 cm³/mol. The number of thiocarbonyl (C=S) groups is 1. The minimum absolute atomic E-state index is 0.0832. The quantitative estimate of drug-likeness (QED) is 0.593. The predicted octanol–water partition coefficient (Wildman–Crippen LogP) is -0.402. The lowest BCUT2D eigenvalue weighted by atomic mass is 10.3. The number of nitrogens with one attached hydrogen (secondary N) is 2. The van der Waals surface area contributed by atoms with Gasteiger partial charge >= 0.3 is 0 Å². The molecular weight excluding hydrogens is 344 g/mol. The highest BCUT2D eigenvalue weighted by Gasteiger charge is 2.25. The van der Waals surface area contributed by atoms with Crippen molar-refractivity contribution in [2.24, 2.45) is 0 Å². The van der Waals surface area contributed by atoms with Crippen LogP contribution in [0.25, 0.3) is 0 Å². The van der Waals surface area contributed by atoms with E-state index in [-0.39, 0.29) is 17.9 Å². The van der Waals surface area contributed by atoms with E-state index in [2.05, 4.69) is 24.1 Å². The van der Waals surface area contributed by atoms with Crippen molar-refractivity contribution in [3.63, 3.8) is 0 Å². The summed E-state index contributed by atoms with van der Waals surface area (Å²) in [5.74, 6) is 0.624. The smallest absolute Gasteiger partial charge is 0.275 e. The maximum absolute atomic E-state index is 12.3. The van der Waals surface area contributed by atoms with Crippen molar-refractivity contribution >= 4 is 40.1 Å². The average Bonchev–Trinajstić information content (AvgIpc) is 2.53. The van der Waals surface area contributed by atoms with Crippen LogP contribution in [0.4, 0.5) is 0 Å². The van der Waals surface area contributed by atoms with Gasteiger partial charge in [0.2, 0.25) is 5.91 Å². The van der Waals surface area contributed by atoms with Gasteiger partial charge in [-0.1, -0.05) is 24.0 Å². The van der Waals surface area contributed by atoms with E-state index in [1.807, 2.05) is 18.7 Å². The molecule has 1 rings (SSSR count). The van der Waals surface area contributed by atoms with E-state index >= 15 is 0 Å². The fourth-order valence-electron chi connectivity index (χ4n) is 2.64. The molecule has 2 amide bonds. The summed E-state index contributed by atoms with van der Waals surface area (Å²) >= 11 is 6.81. The number of carbonyl (C=O) groups is 2. The number of hydrogen-bond donors (Lipinski definition) is 2. The van der Waals surface area contributed by atoms with Crippen molar-refractivity contribution < 1.29 is 14.5 Å². The van der Waals surface area contributed by atoms with Gasteiger partial charge < -0.3 is 20.0 Å². The number of carbonyl (C=O) groups excluding carboxylic acids is 2. The van der Waals surface area contributed by atoms with Gasteiger partial charge in [0.15, 0.2) is 6.54 Å². The molecule has 2 N–H and O–H groups in total. The van der Waals surface area contributed by atoms with E-state index < -0.39 is 0 Å². The van der Waals surface area contributed by atoms with Gasteiger partial charge in [0.1, 0.15) is 4.32 Å². The zero-order valence-electron chi connectivity index (χ0n) is 15.3. The van der Waals surface area contributed by atoms with Gasteiger partial charge in [0.05, 0.1) is 31.9 Å². The van der Waals surface area contributed by atoms with Gasteiger partial charge in [-0.3, -0.25) is 9.59 Å². The molecule has 0 saturated carbocycles. The number of nitrogens with zero attached hydrogens (tertiary/aromatic N) is 2. The van der Waals surface area contributed by atoms with Crippen LogP contribution in [0, 0.1) is 0 Å². The van der Waals surface area contributed by atoms with Gasteiger partial charge in [-0.05, 0) is 27.7 Å². The summed E-state index contributed by atoms with van der Waals surface area (Å²) in [4.78, 5) is 29.3. The van der Waals surface area contributed by atoms with Gasteiger partial charge in [-0.2, -0.15) is 0 Å². The molecule has 6 nitrogen and oxygen atoms in total. The first-order chi connectivity index (χ1) is 11.4. The lowest BCUT2D eigenvalue weighted by Gasteiger charge is -2.32. The number of rotatable bonds is 7. The molecule has 0 radical (unpaired) electrons. The topological polar surface area (TPSA) is 57.1 Å². The second kappa shape index (κ2) is 10.9. The van der Waals surface area contributed by atoms with Crippen LogP contribution in [0.3, 0.4) is 0 Å². The molecule has 0 aromatic heterocycles. The number of amides is 2. The zero-order chi connectivity index (χ0) is 18.1. The fraction of sp³-hybridized carbons (Fsp3) is 0.812. The van der Waals surface area contributed by atoms with Gasteiger partial charge in [0.25, 0.3) is 5.91 Å². The lowest BCUT2D eigenvalue weighted by Crippen LogP contribution is -3.16. The Morgan fingerprint density at radius 3 is 2.33 bits per heavy atom. The molecule has 24 heavy (non-hydrogen) atoms. The SMILES string of the molecule is CCN(CC)C(=S)SCC(=O)N1CC[NH+](CC(=O)NC(C)C)CC1. The summed E-state index contributed by atoms with van der Waals surface area (Å²) in [6.45, 7) is 13.4. The molecule has 1 fully saturated rings. The highest BCUT2D eigenvalue weighted by Crippen LogP contribution is 2.10. The summed E-state index contributed by atoms with van der Waals surface area (Å²) in [5, 5.41) is 2.92. The van der Waals surface area contributed by atoms with Crippen molar-refractivity contribution in [1.29, 1.82) is 0 Å². The van der Waals surface area contributed by atoms with E-state index in [9.17, 15) is 9.59 Å². The Labute approximate surface area is 155 Å². The number of piperazine rings is 1. The van der Waals surface area contributed by atoms with Crippen molar-refractivity contribution in [2.45, 2.75) is 33.7 Å². The van der Waals surface area contributed by atoms with Crippen LogP contribution in [0.15, 0.2) is 0 Å². The van der Waals surface area contributed by atoms with E-state index in [1.54, 1.807) is 0 Å². The second-order valence-corrected chi connectivity index (χ2v) is 7.87. The highest BCUT2D eigenvalue weighted by molar-refractivity contribution is 8.23. The first-order valence-corrected chi connectivity index (χ1v) is 10.1. The zero-order valence-corrected chi connectivity index (χ0v) is 16.9. The Morgan fingerprint density at radius 1 is 1.25 bits per heavy atom. The molecule has 0 atom stereocenters. The molecule has 1 aliphatic heterocycles. The summed E-state index contributed by atoms with van der Waals surface area (Å²) in [6.07, 6.45) is 0. The van der Waals surface area contributed by atoms with Crippen LogP contribution in [0.5, 0.6) is 0 Å². The molecule has 0 aromatic carbocycles. The summed E-state index contributed by atoms with van der Waals surface area (Å²) < 4.78 is 0.794. The molecule has 0 aromatic rings. The maximum Gasteiger partial charge on any atom is 0.275 e. The normalized spacial score (nSPS) is 15.5. The summed E-state index contributed by atoms with van der Waals surface area (Å²) in [5.41, 5.74) is 0. The van der Waals surface area contributed by atoms with E-state index in [0.29, 0.717) is 25.4 Å². The van der Waals surface area contributed by atoms with Crippen LogP contribution in [0.1, 0.15) is 27.7 Å². The van der Waals surface area contributed by atoms with Crippen LogP contribution in [0.2, 0.25) is 0 Å². The number of quaternary nitrogens is 1. The van der Waals surface area contributed by atoms with Crippen LogP contribution >= 0.6 is 24.0 Å². The molecular formula is C16H31N4O2S2+. The molecule has 0 aliphatic carbocycles. The number of hydrogen-bond acceptors (Lipinski definition) is 4. The van der Waals surface area contributed by atoms with Crippen LogP contribution < -0.4 is 10.2 Å². The minimum atomic E-state index is 0.0832. The fourth-order valence-corrected chi connectivity index (χ4v) is 3.94. The Bertz CT molecular complexity index is 434. The minimum Gasteiger partial charge on any atom is -0.358 e. The lowest BCUT2D eigenvalue weighted by molar-refractivity contribution is -0.896. The van der Waals surface area contributed by atoms with Gasteiger partial charge in [0, 0.05) is 19.1 Å². The van der Waals surface area contributed by atoms with Crippen molar-refractivity contribution in [3.8, 4) is 0 Å². The monoisotopic (exact) mass is 375 g/mol. The third-order valence-corrected chi connectivity index (χ3v) is 5.53. The second-order valence-electron chi connectivity index (χ2n) is 6.26.